The summed E-state index contributed by atoms with van der Waals surface area (Å²) in [7, 11) is 1.27. The standard InChI is InChI=1S/C25H31FN2O5/c1-25(2,3)33-24(30)28-12-10-18-14-20(32-13-11-17-8-6-5-7-9-17)23(22(26)19(18)16-28)27-15-21(29)31-4/h5-9,14,27H,10-13,15-16H2,1-4H3. The van der Waals surface area contributed by atoms with Crippen LogP contribution in [0.2, 0.25) is 0 Å². The van der Waals surface area contributed by atoms with Gasteiger partial charge in [-0.2, -0.15) is 0 Å². The van der Waals surface area contributed by atoms with E-state index in [1.165, 1.54) is 12.0 Å². The number of esters is 1. The van der Waals surface area contributed by atoms with E-state index < -0.39 is 23.5 Å². The highest BCUT2D eigenvalue weighted by Gasteiger charge is 2.30. The Kier molecular flexibility index (Phi) is 7.79. The van der Waals surface area contributed by atoms with Gasteiger partial charge in [0.05, 0.1) is 20.3 Å². The topological polar surface area (TPSA) is 77.1 Å². The van der Waals surface area contributed by atoms with Gasteiger partial charge in [-0.25, -0.2) is 9.18 Å². The summed E-state index contributed by atoms with van der Waals surface area (Å²) >= 11 is 0. The van der Waals surface area contributed by atoms with Crippen LogP contribution < -0.4 is 10.1 Å². The third kappa shape index (κ3) is 6.60. The molecule has 0 bridgehead atoms. The fourth-order valence-electron chi connectivity index (χ4n) is 3.55. The summed E-state index contributed by atoms with van der Waals surface area (Å²) in [4.78, 5) is 25.6. The Morgan fingerprint density at radius 2 is 1.91 bits per heavy atom. The first-order valence-electron chi connectivity index (χ1n) is 11.0. The number of hydrogen-bond acceptors (Lipinski definition) is 6. The summed E-state index contributed by atoms with van der Waals surface area (Å²) in [6, 6.07) is 11.6. The molecule has 0 saturated carbocycles. The smallest absolute Gasteiger partial charge is 0.410 e. The van der Waals surface area contributed by atoms with Crippen LogP contribution in [0.1, 0.15) is 37.5 Å². The molecule has 1 amide bonds. The van der Waals surface area contributed by atoms with Gasteiger partial charge in [-0.3, -0.25) is 4.79 Å². The zero-order valence-electron chi connectivity index (χ0n) is 19.6. The number of hydrogen-bond donors (Lipinski definition) is 1. The van der Waals surface area contributed by atoms with Crippen LogP contribution in [-0.4, -0.2) is 49.4 Å². The molecule has 3 rings (SSSR count). The molecule has 0 unspecified atom stereocenters. The molecule has 2 aromatic carbocycles. The minimum absolute atomic E-state index is 0.0767. The first-order chi connectivity index (χ1) is 15.7. The third-order valence-electron chi connectivity index (χ3n) is 5.20. The van der Waals surface area contributed by atoms with Gasteiger partial charge in [-0.05, 0) is 44.4 Å². The molecule has 1 N–H and O–H groups in total. The Labute approximate surface area is 193 Å². The van der Waals surface area contributed by atoms with Gasteiger partial charge in [0.25, 0.3) is 0 Å². The largest absolute Gasteiger partial charge is 0.491 e. The third-order valence-corrected chi connectivity index (χ3v) is 5.20. The minimum Gasteiger partial charge on any atom is -0.491 e. The van der Waals surface area contributed by atoms with Crippen molar-refractivity contribution in [1.29, 1.82) is 0 Å². The fraction of sp³-hybridized carbons (Fsp3) is 0.440. The lowest BCUT2D eigenvalue weighted by Gasteiger charge is -2.32. The van der Waals surface area contributed by atoms with Gasteiger partial charge in [-0.1, -0.05) is 30.3 Å². The number of carbonyl (C=O) groups excluding carboxylic acids is 2. The van der Waals surface area contributed by atoms with Crippen LogP contribution in [-0.2, 0) is 33.7 Å². The fourth-order valence-corrected chi connectivity index (χ4v) is 3.55. The zero-order valence-corrected chi connectivity index (χ0v) is 19.6. The van der Waals surface area contributed by atoms with Gasteiger partial charge in [0, 0.05) is 18.5 Å². The van der Waals surface area contributed by atoms with Crippen molar-refractivity contribution < 1.29 is 28.2 Å². The van der Waals surface area contributed by atoms with E-state index >= 15 is 4.39 Å². The SMILES string of the molecule is COC(=O)CNc1c(OCCc2ccccc2)cc2c(c1F)CN(C(=O)OC(C)(C)C)CC2. The van der Waals surface area contributed by atoms with E-state index in [1.54, 1.807) is 26.8 Å². The number of nitrogens with one attached hydrogen (secondary N) is 1. The number of amides is 1. The summed E-state index contributed by atoms with van der Waals surface area (Å²) < 4.78 is 31.7. The molecular weight excluding hydrogens is 427 g/mol. The lowest BCUT2D eigenvalue weighted by atomic mass is 9.97. The highest BCUT2D eigenvalue weighted by molar-refractivity contribution is 5.76. The molecule has 0 atom stereocenters. The number of fused-ring (bicyclic) bond motifs is 1. The van der Waals surface area contributed by atoms with Crippen molar-refractivity contribution in [2.75, 3.05) is 32.1 Å². The lowest BCUT2D eigenvalue weighted by molar-refractivity contribution is -0.138. The molecular formula is C25H31FN2O5. The molecule has 0 aliphatic carbocycles. The number of ether oxygens (including phenoxy) is 3. The zero-order chi connectivity index (χ0) is 24.0. The van der Waals surface area contributed by atoms with E-state index in [4.69, 9.17) is 9.47 Å². The summed E-state index contributed by atoms with van der Waals surface area (Å²) in [6.45, 7) is 6.00. The van der Waals surface area contributed by atoms with Crippen LogP contribution in [0, 0.1) is 5.82 Å². The number of methoxy groups -OCH3 is 1. The maximum absolute atomic E-state index is 15.6. The van der Waals surface area contributed by atoms with Crippen LogP contribution in [0.4, 0.5) is 14.9 Å². The summed E-state index contributed by atoms with van der Waals surface area (Å²) in [5.41, 5.74) is 1.70. The molecule has 7 nitrogen and oxygen atoms in total. The molecule has 0 spiro atoms. The normalized spacial score (nSPS) is 13.2. The Balaban J connectivity index is 1.82. The van der Waals surface area contributed by atoms with Crippen LogP contribution in [0.5, 0.6) is 5.75 Å². The van der Waals surface area contributed by atoms with E-state index in [0.29, 0.717) is 37.3 Å². The van der Waals surface area contributed by atoms with Crippen molar-refractivity contribution in [3.8, 4) is 5.75 Å². The second kappa shape index (κ2) is 10.6. The average Bonchev–Trinajstić information content (AvgIpc) is 2.78. The molecule has 0 radical (unpaired) electrons. The number of anilines is 1. The van der Waals surface area contributed by atoms with E-state index in [0.717, 1.165) is 11.1 Å². The van der Waals surface area contributed by atoms with E-state index in [9.17, 15) is 9.59 Å². The van der Waals surface area contributed by atoms with Crippen molar-refractivity contribution in [3.05, 3.63) is 58.9 Å². The molecule has 1 aliphatic rings. The van der Waals surface area contributed by atoms with Crippen LogP contribution in [0.25, 0.3) is 0 Å². The summed E-state index contributed by atoms with van der Waals surface area (Å²) in [6.07, 6.45) is 0.639. The first-order valence-corrected chi connectivity index (χ1v) is 11.0. The molecule has 0 fully saturated rings. The van der Waals surface area contributed by atoms with Crippen molar-refractivity contribution >= 4 is 17.7 Å². The Morgan fingerprint density at radius 1 is 1.18 bits per heavy atom. The maximum Gasteiger partial charge on any atom is 0.410 e. The van der Waals surface area contributed by atoms with Crippen molar-refractivity contribution in [3.63, 3.8) is 0 Å². The summed E-state index contributed by atoms with van der Waals surface area (Å²) in [5.74, 6) is -0.742. The van der Waals surface area contributed by atoms with Crippen LogP contribution in [0.15, 0.2) is 36.4 Å². The van der Waals surface area contributed by atoms with E-state index in [1.807, 2.05) is 30.3 Å². The second-order valence-corrected chi connectivity index (χ2v) is 8.87. The van der Waals surface area contributed by atoms with E-state index in [2.05, 4.69) is 10.1 Å². The first kappa shape index (κ1) is 24.4. The van der Waals surface area contributed by atoms with Gasteiger partial charge < -0.3 is 24.4 Å². The Morgan fingerprint density at radius 3 is 2.58 bits per heavy atom. The second-order valence-electron chi connectivity index (χ2n) is 8.87. The highest BCUT2D eigenvalue weighted by atomic mass is 19.1. The number of rotatable bonds is 7. The monoisotopic (exact) mass is 458 g/mol. The van der Waals surface area contributed by atoms with Crippen LogP contribution in [0.3, 0.4) is 0 Å². The molecule has 0 saturated heterocycles. The van der Waals surface area contributed by atoms with Gasteiger partial charge in [-0.15, -0.1) is 0 Å². The molecule has 178 valence electrons. The molecule has 1 aliphatic heterocycles. The van der Waals surface area contributed by atoms with Crippen molar-refractivity contribution in [2.45, 2.75) is 45.8 Å². The lowest BCUT2D eigenvalue weighted by Crippen LogP contribution is -2.40. The molecule has 1 heterocycles. The predicted octanol–water partition coefficient (Wildman–Crippen LogP) is 4.33. The van der Waals surface area contributed by atoms with E-state index in [-0.39, 0.29) is 18.8 Å². The van der Waals surface area contributed by atoms with Gasteiger partial charge >= 0.3 is 12.1 Å². The predicted molar refractivity (Wildman–Crippen MR) is 123 cm³/mol. The average molecular weight is 459 g/mol. The van der Waals surface area contributed by atoms with Crippen molar-refractivity contribution in [2.24, 2.45) is 0 Å². The number of halogens is 1. The molecule has 33 heavy (non-hydrogen) atoms. The quantitative estimate of drug-likeness (QED) is 0.623. The number of nitrogens with zero attached hydrogens (tertiary/aromatic N) is 1. The molecule has 0 aromatic heterocycles. The molecule has 8 heteroatoms. The molecule has 2 aromatic rings. The number of benzene rings is 2. The Bertz CT molecular complexity index is 989. The van der Waals surface area contributed by atoms with Gasteiger partial charge in [0.15, 0.2) is 5.82 Å². The summed E-state index contributed by atoms with van der Waals surface area (Å²) in [5, 5.41) is 2.80. The Hall–Kier alpha value is -3.29. The maximum atomic E-state index is 15.6. The van der Waals surface area contributed by atoms with Gasteiger partial charge in [0.1, 0.15) is 23.6 Å². The van der Waals surface area contributed by atoms with Crippen molar-refractivity contribution in [1.82, 2.24) is 4.90 Å². The van der Waals surface area contributed by atoms with Crippen LogP contribution >= 0.6 is 0 Å². The highest BCUT2D eigenvalue weighted by Crippen LogP contribution is 2.36. The number of carbonyl (C=O) groups is 2. The minimum atomic E-state index is -0.639. The van der Waals surface area contributed by atoms with Gasteiger partial charge in [0.2, 0.25) is 0 Å².